The number of esters is 1. The number of carbonyl (C=O) groups is 3. The Balaban J connectivity index is 1.98. The zero-order valence-electron chi connectivity index (χ0n) is 30.5. The van der Waals surface area contributed by atoms with Crippen LogP contribution in [0.15, 0.2) is 5.11 Å². The predicted molar refractivity (Wildman–Crippen MR) is 177 cm³/mol. The van der Waals surface area contributed by atoms with E-state index in [9.17, 15) is 19.5 Å². The predicted octanol–water partition coefficient (Wildman–Crippen LogP) is 3.51. The summed E-state index contributed by atoms with van der Waals surface area (Å²) in [6.45, 7) is 11.1. The molecule has 3 heterocycles. The quantitative estimate of drug-likeness (QED) is 0.0849. The van der Waals surface area contributed by atoms with Gasteiger partial charge in [0.05, 0.1) is 23.9 Å². The minimum Gasteiger partial charge on any atom is -0.456 e. The van der Waals surface area contributed by atoms with Gasteiger partial charge in [-0.1, -0.05) is 19.0 Å². The van der Waals surface area contributed by atoms with E-state index in [0.29, 0.717) is 38.8 Å². The first-order chi connectivity index (χ1) is 23.0. The molecule has 3 aliphatic rings. The molecule has 12 atom stereocenters. The van der Waals surface area contributed by atoms with E-state index in [1.54, 1.807) is 18.7 Å². The van der Waals surface area contributed by atoms with Gasteiger partial charge >= 0.3 is 12.1 Å². The first-order valence-corrected chi connectivity index (χ1v) is 17.4. The van der Waals surface area contributed by atoms with Crippen LogP contribution in [0.5, 0.6) is 0 Å². The molecule has 0 radical (unpaired) electrons. The lowest BCUT2D eigenvalue weighted by atomic mass is 9.83. The van der Waals surface area contributed by atoms with Crippen molar-refractivity contribution >= 4 is 17.8 Å². The summed E-state index contributed by atoms with van der Waals surface area (Å²) in [4.78, 5) is 46.6. The fourth-order valence-electron chi connectivity index (χ4n) is 7.10. The minimum absolute atomic E-state index is 0.0882. The number of Topliss-reactive ketones (excluding diaryl/α,β-unsaturated/α-hetero) is 1. The molecule has 3 unspecified atom stereocenters. The monoisotopic (exact) mass is 700 g/mol. The molecule has 3 rings (SSSR count). The van der Waals surface area contributed by atoms with Crippen molar-refractivity contribution in [3.8, 4) is 0 Å². The van der Waals surface area contributed by atoms with Crippen molar-refractivity contribution in [2.75, 3.05) is 40.8 Å². The summed E-state index contributed by atoms with van der Waals surface area (Å²) in [6.07, 6.45) is -4.59. The molecule has 15 nitrogen and oxygen atoms in total. The first-order valence-electron chi connectivity index (χ1n) is 17.4. The number of unbranched alkanes of at least 4 members (excludes halogenated alkanes) is 1. The summed E-state index contributed by atoms with van der Waals surface area (Å²) in [5.41, 5.74) is 4.33. The average molecular weight is 701 g/mol. The number of carbonyl (C=O) groups excluding carboxylic acids is 3. The van der Waals surface area contributed by atoms with Crippen LogP contribution in [0.3, 0.4) is 0 Å². The Bertz CT molecular complexity index is 1190. The summed E-state index contributed by atoms with van der Waals surface area (Å²) >= 11 is 0. The van der Waals surface area contributed by atoms with Crippen LogP contribution in [0.2, 0.25) is 0 Å². The van der Waals surface area contributed by atoms with Gasteiger partial charge in [0.1, 0.15) is 12.2 Å². The van der Waals surface area contributed by atoms with Gasteiger partial charge in [-0.3, -0.25) is 9.69 Å². The maximum atomic E-state index is 16.4. The third-order valence-electron chi connectivity index (χ3n) is 10.2. The highest BCUT2D eigenvalue weighted by atomic mass is 19.1. The van der Waals surface area contributed by atoms with Crippen molar-refractivity contribution in [1.29, 1.82) is 0 Å². The number of amides is 1. The van der Waals surface area contributed by atoms with E-state index in [2.05, 4.69) is 15.3 Å². The zero-order valence-corrected chi connectivity index (χ0v) is 30.5. The number of likely N-dealkylation sites (N-methyl/N-ethyl adjacent to an activating group) is 1. The number of hydrogen-bond acceptors (Lipinski definition) is 12. The molecule has 2 N–H and O–H groups in total. The van der Waals surface area contributed by atoms with Gasteiger partial charge in [-0.25, -0.2) is 14.0 Å². The Morgan fingerprint density at radius 1 is 1.18 bits per heavy atom. The molecule has 0 aromatic heterocycles. The highest BCUT2D eigenvalue weighted by Gasteiger charge is 2.53. The van der Waals surface area contributed by atoms with Gasteiger partial charge in [-0.15, -0.1) is 0 Å². The van der Waals surface area contributed by atoms with Gasteiger partial charge in [0.15, 0.2) is 18.2 Å². The zero-order chi connectivity index (χ0) is 36.7. The molecule has 49 heavy (non-hydrogen) atoms. The number of fused-ring (bicyclic) bond motifs is 1. The van der Waals surface area contributed by atoms with Crippen molar-refractivity contribution in [1.82, 2.24) is 15.1 Å². The molecule has 280 valence electrons. The van der Waals surface area contributed by atoms with E-state index < -0.39 is 72.3 Å². The highest BCUT2D eigenvalue weighted by molar-refractivity contribution is 6.06. The van der Waals surface area contributed by atoms with E-state index in [1.165, 1.54) is 7.11 Å². The van der Waals surface area contributed by atoms with Crippen molar-refractivity contribution in [2.45, 2.75) is 146 Å². The van der Waals surface area contributed by atoms with E-state index in [-0.39, 0.29) is 37.1 Å². The fraction of sp³-hybridized carbons (Fsp3) is 0.909. The fourth-order valence-corrected chi connectivity index (χ4v) is 7.10. The summed E-state index contributed by atoms with van der Waals surface area (Å²) in [5.74, 6) is -2.57. The number of hydrogen-bond donors (Lipinski definition) is 2. The Labute approximate surface area is 289 Å². The molecule has 3 saturated heterocycles. The molecule has 0 aromatic carbocycles. The summed E-state index contributed by atoms with van der Waals surface area (Å²) in [6, 6.07) is -1.25. The molecule has 0 saturated carbocycles. The number of nitrogens with one attached hydrogen (secondary N) is 1. The molecule has 16 heteroatoms. The number of methoxy groups -OCH3 is 1. The molecule has 0 aliphatic carbocycles. The third kappa shape index (κ3) is 9.81. The number of rotatable bonds is 10. The number of halogens is 1. The van der Waals surface area contributed by atoms with Crippen LogP contribution in [0.25, 0.3) is 10.4 Å². The summed E-state index contributed by atoms with van der Waals surface area (Å²) in [5, 5.41) is 18.3. The van der Waals surface area contributed by atoms with E-state index in [0.717, 1.165) is 6.92 Å². The standard InChI is InChI=1S/C33H57FN6O9/c1-10-23-28-26(40(31(44)49-28)14-12-11-13-37-38-35)21(4)36-18-19(2)17-32(5,45-9)25(16-24(41)33(6,34)30(43)47-23)48-29-27(42)22(39(7)8)15-20(3)46-29/h19-23,25-29,36,42H,10-18H2,1-9H3/t19-,20?,21-,22?,23-,25-,26-,27?,28-,29+,32-,33-/m1/s1. The number of ether oxygens (including phenoxy) is 5. The Morgan fingerprint density at radius 3 is 2.49 bits per heavy atom. The van der Waals surface area contributed by atoms with Crippen LogP contribution in [-0.4, -0.2) is 140 Å². The number of alkyl halides is 1. The normalized spacial score (nSPS) is 39.8. The van der Waals surface area contributed by atoms with Crippen molar-refractivity contribution < 1.29 is 47.6 Å². The lowest BCUT2D eigenvalue weighted by Gasteiger charge is -2.45. The van der Waals surface area contributed by atoms with Gasteiger partial charge in [0, 0.05) is 43.6 Å². The molecule has 0 aromatic rings. The van der Waals surface area contributed by atoms with Crippen LogP contribution in [0, 0.1) is 5.92 Å². The second-order valence-electron chi connectivity index (χ2n) is 14.4. The number of aliphatic hydroxyl groups is 1. The summed E-state index contributed by atoms with van der Waals surface area (Å²) < 4.78 is 46.2. The Kier molecular flexibility index (Phi) is 14.6. The second kappa shape index (κ2) is 17.6. The number of cyclic esters (lactones) is 1. The smallest absolute Gasteiger partial charge is 0.410 e. The molecular formula is C33H57FN6O9. The molecule has 1 amide bonds. The van der Waals surface area contributed by atoms with Crippen molar-refractivity contribution in [3.05, 3.63) is 10.4 Å². The minimum atomic E-state index is -3.08. The largest absolute Gasteiger partial charge is 0.456 e. The van der Waals surface area contributed by atoms with Gasteiger partial charge < -0.3 is 39.0 Å². The van der Waals surface area contributed by atoms with Crippen LogP contribution < -0.4 is 5.32 Å². The number of ketones is 1. The average Bonchev–Trinajstić information content (AvgIpc) is 3.37. The summed E-state index contributed by atoms with van der Waals surface area (Å²) in [7, 11) is 5.16. The van der Waals surface area contributed by atoms with Gasteiger partial charge in [0.2, 0.25) is 0 Å². The highest BCUT2D eigenvalue weighted by Crippen LogP contribution is 2.36. The first kappa shape index (κ1) is 40.8. The topological polar surface area (TPSA) is 185 Å². The lowest BCUT2D eigenvalue weighted by molar-refractivity contribution is -0.289. The molecule has 3 aliphatic heterocycles. The SMILES string of the molecule is CC[C@H]1OC(=O)[C@](C)(F)C(=O)C[C@@H](O[C@@H]2OC(C)CC(N(C)C)C2O)[C@](C)(OC)C[C@@H](C)CN[C@H](C)[C@@H]2[C@@H]1OC(=O)N2CCCCN=[N+]=[N-]. The van der Waals surface area contributed by atoms with Crippen molar-refractivity contribution in [2.24, 2.45) is 11.0 Å². The number of azide groups is 1. The Hall–Kier alpha value is -2.59. The van der Waals surface area contributed by atoms with E-state index >= 15 is 4.39 Å². The third-order valence-corrected chi connectivity index (χ3v) is 10.2. The van der Waals surface area contributed by atoms with Crippen LogP contribution >= 0.6 is 0 Å². The van der Waals surface area contributed by atoms with Crippen LogP contribution in [0.1, 0.15) is 80.1 Å². The van der Waals surface area contributed by atoms with Gasteiger partial charge in [-0.05, 0) is 91.9 Å². The molecule has 3 fully saturated rings. The molecule has 0 bridgehead atoms. The second-order valence-corrected chi connectivity index (χ2v) is 14.4. The Morgan fingerprint density at radius 2 is 1.88 bits per heavy atom. The number of nitrogens with zero attached hydrogens (tertiary/aromatic N) is 5. The lowest BCUT2D eigenvalue weighted by Crippen LogP contribution is -2.58. The van der Waals surface area contributed by atoms with E-state index in [4.69, 9.17) is 29.2 Å². The molecular weight excluding hydrogens is 643 g/mol. The maximum absolute atomic E-state index is 16.4. The van der Waals surface area contributed by atoms with Crippen molar-refractivity contribution in [3.63, 3.8) is 0 Å². The van der Waals surface area contributed by atoms with E-state index in [1.807, 2.05) is 39.8 Å². The number of aliphatic hydroxyl groups excluding tert-OH is 1. The van der Waals surface area contributed by atoms with Crippen LogP contribution in [-0.2, 0) is 33.3 Å². The van der Waals surface area contributed by atoms with Gasteiger partial charge in [-0.2, -0.15) is 0 Å². The van der Waals surface area contributed by atoms with Gasteiger partial charge in [0.25, 0.3) is 5.67 Å². The van der Waals surface area contributed by atoms with Crippen LogP contribution in [0.4, 0.5) is 9.18 Å². The molecule has 0 spiro atoms. The maximum Gasteiger partial charge on any atom is 0.410 e.